The molecule has 4 saturated carbocycles. The number of hydrogen-bond donors (Lipinski definition) is 0. The summed E-state index contributed by atoms with van der Waals surface area (Å²) in [5.74, 6) is 2.48. The lowest BCUT2D eigenvalue weighted by molar-refractivity contribution is -0.334. The fraction of sp³-hybridized carbons (Fsp3) is 0.957. The predicted molar refractivity (Wildman–Crippen MR) is 102 cm³/mol. The van der Waals surface area contributed by atoms with E-state index in [2.05, 4.69) is 48.5 Å². The highest BCUT2D eigenvalue weighted by Gasteiger charge is 2.83. The highest BCUT2D eigenvalue weighted by atomic mass is 16.7. The fourth-order valence-electron chi connectivity index (χ4n) is 8.02. The van der Waals surface area contributed by atoms with Gasteiger partial charge in [-0.3, -0.25) is 4.79 Å². The number of methoxy groups -OCH3 is 1. The molecular weight excluding hydrogens is 324 g/mol. The highest BCUT2D eigenvalue weighted by molar-refractivity contribution is 5.78. The molecule has 0 heterocycles. The molecule has 0 saturated heterocycles. The van der Waals surface area contributed by atoms with Crippen LogP contribution in [0.2, 0.25) is 0 Å². The number of hydrogen-bond acceptors (Lipinski definition) is 3. The van der Waals surface area contributed by atoms with Gasteiger partial charge in [-0.1, -0.05) is 41.5 Å². The first-order valence-corrected chi connectivity index (χ1v) is 10.6. The zero-order valence-corrected chi connectivity index (χ0v) is 18.1. The lowest BCUT2D eigenvalue weighted by Gasteiger charge is -2.73. The van der Waals surface area contributed by atoms with Crippen molar-refractivity contribution < 1.29 is 14.3 Å². The minimum absolute atomic E-state index is 0.0859. The summed E-state index contributed by atoms with van der Waals surface area (Å²) in [5.41, 5.74) is -0.410. The van der Waals surface area contributed by atoms with Gasteiger partial charge in [-0.25, -0.2) is 0 Å². The molecule has 6 atom stereocenters. The van der Waals surface area contributed by atoms with Gasteiger partial charge in [0.25, 0.3) is 0 Å². The molecule has 0 aromatic carbocycles. The maximum Gasteiger partial charge on any atom is 0.315 e. The van der Waals surface area contributed by atoms with Crippen molar-refractivity contribution in [3.63, 3.8) is 0 Å². The Kier molecular flexibility index (Phi) is 3.66. The second-order valence-corrected chi connectivity index (χ2v) is 12.1. The van der Waals surface area contributed by atoms with Crippen LogP contribution in [0, 0.1) is 44.8 Å². The van der Waals surface area contributed by atoms with Gasteiger partial charge in [0, 0.05) is 12.5 Å². The summed E-state index contributed by atoms with van der Waals surface area (Å²) in [6.45, 7) is 15.0. The molecule has 4 fully saturated rings. The predicted octanol–water partition coefficient (Wildman–Crippen LogP) is 5.43. The zero-order valence-electron chi connectivity index (χ0n) is 18.1. The smallest absolute Gasteiger partial charge is 0.315 e. The minimum Gasteiger partial charge on any atom is -0.435 e. The molecular formula is C23H38O3. The lowest BCUT2D eigenvalue weighted by Crippen LogP contribution is -2.71. The van der Waals surface area contributed by atoms with Crippen LogP contribution in [0.25, 0.3) is 0 Å². The summed E-state index contributed by atoms with van der Waals surface area (Å²) >= 11 is 0. The number of esters is 1. The molecule has 4 aliphatic carbocycles. The van der Waals surface area contributed by atoms with Crippen molar-refractivity contribution in [2.45, 2.75) is 86.9 Å². The first-order valence-electron chi connectivity index (χ1n) is 10.6. The van der Waals surface area contributed by atoms with E-state index in [1.54, 1.807) is 7.11 Å². The first kappa shape index (κ1) is 18.8. The number of fused-ring (bicyclic) bond motifs is 1. The fourth-order valence-corrected chi connectivity index (χ4v) is 8.02. The third-order valence-electron chi connectivity index (χ3n) is 9.75. The van der Waals surface area contributed by atoms with Crippen LogP contribution in [-0.2, 0) is 14.3 Å². The third kappa shape index (κ3) is 1.87. The molecule has 0 aromatic rings. The number of rotatable bonds is 4. The highest BCUT2D eigenvalue weighted by Crippen LogP contribution is 2.87. The molecule has 3 heteroatoms. The topological polar surface area (TPSA) is 35.5 Å². The summed E-state index contributed by atoms with van der Waals surface area (Å²) in [5, 5.41) is 0. The van der Waals surface area contributed by atoms with E-state index < -0.39 is 5.41 Å². The molecule has 0 aliphatic heterocycles. The average molecular weight is 363 g/mol. The van der Waals surface area contributed by atoms with Crippen LogP contribution in [0.4, 0.5) is 0 Å². The van der Waals surface area contributed by atoms with E-state index in [-0.39, 0.29) is 28.5 Å². The van der Waals surface area contributed by atoms with Crippen molar-refractivity contribution in [1.29, 1.82) is 0 Å². The number of carbonyl (C=O) groups is 1. The van der Waals surface area contributed by atoms with Crippen molar-refractivity contribution in [2.24, 2.45) is 44.8 Å². The largest absolute Gasteiger partial charge is 0.435 e. The van der Waals surface area contributed by atoms with E-state index in [1.807, 2.05) is 0 Å². The van der Waals surface area contributed by atoms with Crippen molar-refractivity contribution in [1.82, 2.24) is 0 Å². The van der Waals surface area contributed by atoms with E-state index in [9.17, 15) is 4.79 Å². The van der Waals surface area contributed by atoms with Gasteiger partial charge >= 0.3 is 5.97 Å². The second-order valence-electron chi connectivity index (χ2n) is 12.1. The Bertz CT molecular complexity index is 610. The average Bonchev–Trinajstić information content (AvgIpc) is 2.97. The number of ether oxygens (including phenoxy) is 2. The quantitative estimate of drug-likeness (QED) is 0.494. The molecule has 4 aliphatic rings. The number of carbonyl (C=O) groups excluding carboxylic acids is 1. The molecule has 4 rings (SSSR count). The first-order chi connectivity index (χ1) is 11.8. The minimum atomic E-state index is -0.579. The van der Waals surface area contributed by atoms with Crippen LogP contribution in [0.3, 0.4) is 0 Å². The Balaban J connectivity index is 1.61. The Morgan fingerprint density at radius 2 is 1.54 bits per heavy atom. The van der Waals surface area contributed by atoms with Crippen molar-refractivity contribution in [2.75, 3.05) is 7.11 Å². The van der Waals surface area contributed by atoms with Crippen LogP contribution in [0.5, 0.6) is 0 Å². The van der Waals surface area contributed by atoms with E-state index in [1.165, 1.54) is 32.1 Å². The van der Waals surface area contributed by atoms with Gasteiger partial charge in [-0.15, -0.1) is 0 Å². The van der Waals surface area contributed by atoms with Crippen molar-refractivity contribution in [3.05, 3.63) is 0 Å². The molecule has 26 heavy (non-hydrogen) atoms. The second kappa shape index (κ2) is 5.07. The summed E-state index contributed by atoms with van der Waals surface area (Å²) in [6.07, 6.45) is 6.20. The monoisotopic (exact) mass is 362 g/mol. The Labute approximate surface area is 159 Å². The summed E-state index contributed by atoms with van der Waals surface area (Å²) in [4.78, 5) is 13.6. The van der Waals surface area contributed by atoms with Gasteiger partial charge in [-0.2, -0.15) is 0 Å². The molecule has 0 aromatic heterocycles. The molecule has 2 bridgehead atoms. The molecule has 1 spiro atoms. The van der Waals surface area contributed by atoms with Gasteiger partial charge < -0.3 is 9.47 Å². The van der Waals surface area contributed by atoms with Crippen LogP contribution in [0.1, 0.15) is 80.6 Å². The Morgan fingerprint density at radius 3 is 2.00 bits per heavy atom. The maximum atomic E-state index is 13.6. The van der Waals surface area contributed by atoms with Crippen LogP contribution >= 0.6 is 0 Å². The standard InChI is InChI=1S/C23H38O3/c1-19(2,3)21(7,20(4,5)6)17(24)26-18(25-8)22-11-14-9-15-10-16(13-22)23(15,22)12-14/h14-16,18H,9-13H2,1-8H3. The molecule has 0 amide bonds. The zero-order chi connectivity index (χ0) is 19.3. The maximum absolute atomic E-state index is 13.6. The summed E-state index contributed by atoms with van der Waals surface area (Å²) in [7, 11) is 1.74. The Hall–Kier alpha value is -0.570. The molecule has 148 valence electrons. The van der Waals surface area contributed by atoms with Gasteiger partial charge in [-0.05, 0) is 73.0 Å². The molecule has 0 radical (unpaired) electrons. The SMILES string of the molecule is COC(OC(=O)C(C)(C(C)(C)C)C(C)(C)C)C12CC3CC4CC(C1)C42C3. The molecule has 0 N–H and O–H groups in total. The van der Waals surface area contributed by atoms with E-state index in [0.717, 1.165) is 17.8 Å². The lowest BCUT2D eigenvalue weighted by atomic mass is 9.32. The summed E-state index contributed by atoms with van der Waals surface area (Å²) in [6, 6.07) is 0. The van der Waals surface area contributed by atoms with Crippen LogP contribution < -0.4 is 0 Å². The van der Waals surface area contributed by atoms with E-state index >= 15 is 0 Å². The van der Waals surface area contributed by atoms with E-state index in [4.69, 9.17) is 9.47 Å². The van der Waals surface area contributed by atoms with E-state index in [0.29, 0.717) is 5.41 Å². The van der Waals surface area contributed by atoms with Gasteiger partial charge in [0.15, 0.2) is 0 Å². The third-order valence-corrected chi connectivity index (χ3v) is 9.75. The van der Waals surface area contributed by atoms with Crippen LogP contribution in [0.15, 0.2) is 0 Å². The summed E-state index contributed by atoms with van der Waals surface area (Å²) < 4.78 is 12.2. The molecule has 6 unspecified atom stereocenters. The Morgan fingerprint density at radius 1 is 0.923 bits per heavy atom. The van der Waals surface area contributed by atoms with Crippen molar-refractivity contribution >= 4 is 5.97 Å². The van der Waals surface area contributed by atoms with Crippen molar-refractivity contribution in [3.8, 4) is 0 Å². The van der Waals surface area contributed by atoms with Gasteiger partial charge in [0.05, 0.1) is 5.41 Å². The normalized spacial score (nSPS) is 41.9. The molecule has 3 nitrogen and oxygen atoms in total. The van der Waals surface area contributed by atoms with Gasteiger partial charge in [0.1, 0.15) is 0 Å². The van der Waals surface area contributed by atoms with Gasteiger partial charge in [0.2, 0.25) is 6.29 Å². The van der Waals surface area contributed by atoms with Crippen LogP contribution in [-0.4, -0.2) is 19.4 Å².